The van der Waals surface area contributed by atoms with E-state index in [1.807, 2.05) is 12.1 Å². The number of rotatable bonds is 7. The molecule has 0 amide bonds. The van der Waals surface area contributed by atoms with Crippen molar-refractivity contribution >= 4 is 71.3 Å². The van der Waals surface area contributed by atoms with E-state index >= 15 is 0 Å². The summed E-state index contributed by atoms with van der Waals surface area (Å²) >= 11 is 0. The zero-order valence-corrected chi connectivity index (χ0v) is 40.7. The fourth-order valence-electron chi connectivity index (χ4n) is 10.6. The van der Waals surface area contributed by atoms with E-state index in [1.54, 1.807) is 0 Å². The van der Waals surface area contributed by atoms with Crippen LogP contribution in [0.5, 0.6) is 0 Å². The lowest BCUT2D eigenvalue weighted by Gasteiger charge is -2.29. The molecule has 0 atom stereocenters. The molecule has 0 fully saturated rings. The molecule has 1 heterocycles. The van der Waals surface area contributed by atoms with Crippen LogP contribution in [0.25, 0.3) is 98.8 Å². The molecule has 11 aromatic carbocycles. The molecule has 0 unspecified atom stereocenters. The molecule has 0 radical (unpaired) electrons. The maximum absolute atomic E-state index is 6.26. The van der Waals surface area contributed by atoms with Crippen LogP contribution in [0.2, 0.25) is 0 Å². The molecule has 0 aliphatic rings. The van der Waals surface area contributed by atoms with Gasteiger partial charge in [-0.3, -0.25) is 0 Å². The molecule has 2 heteroatoms. The van der Waals surface area contributed by atoms with Crippen molar-refractivity contribution < 1.29 is 4.42 Å². The van der Waals surface area contributed by atoms with Gasteiger partial charge in [-0.15, -0.1) is 0 Å². The van der Waals surface area contributed by atoms with E-state index in [0.717, 1.165) is 55.7 Å². The molecule has 0 saturated carbocycles. The molecule has 0 bridgehead atoms. The van der Waals surface area contributed by atoms with Gasteiger partial charge in [-0.2, -0.15) is 0 Å². The van der Waals surface area contributed by atoms with E-state index in [0.29, 0.717) is 0 Å². The summed E-state index contributed by atoms with van der Waals surface area (Å²) in [5.74, 6) is 0. The Labute approximate surface area is 411 Å². The van der Waals surface area contributed by atoms with Gasteiger partial charge in [0.2, 0.25) is 0 Å². The van der Waals surface area contributed by atoms with Crippen LogP contribution in [0.3, 0.4) is 0 Å². The second-order valence-corrected chi connectivity index (χ2v) is 21.0. The highest BCUT2D eigenvalue weighted by atomic mass is 16.3. The Morgan fingerprint density at radius 1 is 0.314 bits per heavy atom. The zero-order valence-electron chi connectivity index (χ0n) is 40.7. The third kappa shape index (κ3) is 7.61. The lowest BCUT2D eigenvalue weighted by Crippen LogP contribution is -2.16. The maximum Gasteiger partial charge on any atom is 0.135 e. The minimum atomic E-state index is -0.0132. The summed E-state index contributed by atoms with van der Waals surface area (Å²) in [6, 6.07) is 82.7. The molecule has 0 aliphatic carbocycles. The SMILES string of the molecule is CC(C)(C)c1cc(-c2cccc3cccc(-c4ccccc4N(c4ccc(-c5cccc6c5ccc5ccccc56)cc4)c4cccc(-c5ccc6oc7ccccc7c6c5)c4)c23)cc(C(C)(C)C)c1. The van der Waals surface area contributed by atoms with Crippen molar-refractivity contribution in [2.24, 2.45) is 0 Å². The molecule has 0 N–H and O–H groups in total. The molecule has 0 aliphatic heterocycles. The largest absolute Gasteiger partial charge is 0.456 e. The number of nitrogens with zero attached hydrogens (tertiary/aromatic N) is 1. The standard InChI is InChI=1S/C68H55NO/c1-67(2,3)50-39-49(40-51(43-50)68(4,5)6)56-26-14-18-46-19-15-28-61(66(46)56)59-23-9-11-29-63(59)69(53-21-13-20-47(41-53)48-34-38-65-62(42-48)60-24-10-12-30-64(60)70-65)52-35-31-45(32-36-52)55-25-16-27-57-54-22-8-7-17-44(54)33-37-58(55)57/h7-43H,1-6H3. The van der Waals surface area contributed by atoms with E-state index in [4.69, 9.17) is 4.42 Å². The number of anilines is 3. The Morgan fingerprint density at radius 2 is 0.900 bits per heavy atom. The molecule has 0 spiro atoms. The normalized spacial score (nSPS) is 12.1. The highest BCUT2D eigenvalue weighted by molar-refractivity contribution is 6.13. The topological polar surface area (TPSA) is 16.4 Å². The number of hydrogen-bond acceptors (Lipinski definition) is 2. The predicted octanol–water partition coefficient (Wildman–Crippen LogP) is 19.8. The number of fused-ring (bicyclic) bond motifs is 7. The molecule has 1 aromatic heterocycles. The Balaban J connectivity index is 1.05. The lowest BCUT2D eigenvalue weighted by atomic mass is 9.78. The Hall–Kier alpha value is -8.20. The summed E-state index contributed by atoms with van der Waals surface area (Å²) in [4.78, 5) is 2.45. The van der Waals surface area contributed by atoms with Gasteiger partial charge in [0.15, 0.2) is 0 Å². The summed E-state index contributed by atoms with van der Waals surface area (Å²) < 4.78 is 6.26. The average molecular weight is 902 g/mol. The second kappa shape index (κ2) is 16.8. The molecular formula is C68H55NO. The van der Waals surface area contributed by atoms with Crippen LogP contribution in [-0.4, -0.2) is 0 Å². The lowest BCUT2D eigenvalue weighted by molar-refractivity contribution is 0.569. The van der Waals surface area contributed by atoms with E-state index in [-0.39, 0.29) is 10.8 Å². The fourth-order valence-corrected chi connectivity index (χ4v) is 10.6. The minimum Gasteiger partial charge on any atom is -0.456 e. The van der Waals surface area contributed by atoms with Crippen LogP contribution >= 0.6 is 0 Å². The van der Waals surface area contributed by atoms with Crippen LogP contribution < -0.4 is 4.90 Å². The van der Waals surface area contributed by atoms with Crippen molar-refractivity contribution in [1.29, 1.82) is 0 Å². The van der Waals surface area contributed by atoms with E-state index in [2.05, 4.69) is 259 Å². The monoisotopic (exact) mass is 901 g/mol. The first kappa shape index (κ1) is 43.1. The van der Waals surface area contributed by atoms with Crippen LogP contribution in [0.4, 0.5) is 17.1 Å². The zero-order chi connectivity index (χ0) is 47.7. The fraction of sp³-hybridized carbons (Fsp3) is 0.118. The van der Waals surface area contributed by atoms with Gasteiger partial charge in [0.05, 0.1) is 5.69 Å². The number of para-hydroxylation sites is 2. The van der Waals surface area contributed by atoms with Crippen LogP contribution in [0, 0.1) is 0 Å². The smallest absolute Gasteiger partial charge is 0.135 e. The molecule has 2 nitrogen and oxygen atoms in total. The Bertz CT molecular complexity index is 3930. The van der Waals surface area contributed by atoms with Gasteiger partial charge in [0.1, 0.15) is 11.2 Å². The Kier molecular flexibility index (Phi) is 10.3. The van der Waals surface area contributed by atoms with Crippen molar-refractivity contribution in [3.63, 3.8) is 0 Å². The first-order valence-electron chi connectivity index (χ1n) is 24.6. The van der Waals surface area contributed by atoms with Crippen molar-refractivity contribution in [2.75, 3.05) is 4.90 Å². The van der Waals surface area contributed by atoms with Crippen molar-refractivity contribution in [2.45, 2.75) is 52.4 Å². The van der Waals surface area contributed by atoms with E-state index in [1.165, 1.54) is 71.3 Å². The van der Waals surface area contributed by atoms with Gasteiger partial charge < -0.3 is 9.32 Å². The summed E-state index contributed by atoms with van der Waals surface area (Å²) in [5.41, 5.74) is 17.2. The van der Waals surface area contributed by atoms with Crippen LogP contribution in [-0.2, 0) is 10.8 Å². The van der Waals surface area contributed by atoms with Gasteiger partial charge in [0.25, 0.3) is 0 Å². The highest BCUT2D eigenvalue weighted by Gasteiger charge is 2.24. The van der Waals surface area contributed by atoms with Gasteiger partial charge >= 0.3 is 0 Å². The molecule has 70 heavy (non-hydrogen) atoms. The molecule has 12 aromatic rings. The van der Waals surface area contributed by atoms with Crippen molar-refractivity contribution in [3.05, 3.63) is 236 Å². The second-order valence-electron chi connectivity index (χ2n) is 21.0. The summed E-state index contributed by atoms with van der Waals surface area (Å²) in [5, 5.41) is 9.75. The third-order valence-electron chi connectivity index (χ3n) is 14.4. The van der Waals surface area contributed by atoms with Gasteiger partial charge in [-0.25, -0.2) is 0 Å². The minimum absolute atomic E-state index is 0.0132. The molecule has 0 saturated heterocycles. The molecular weight excluding hydrogens is 847 g/mol. The number of hydrogen-bond donors (Lipinski definition) is 0. The molecule has 338 valence electrons. The number of furan rings is 1. The first-order valence-corrected chi connectivity index (χ1v) is 24.6. The molecule has 12 rings (SSSR count). The van der Waals surface area contributed by atoms with Gasteiger partial charge in [-0.1, -0.05) is 217 Å². The third-order valence-corrected chi connectivity index (χ3v) is 14.4. The average Bonchev–Trinajstić information content (AvgIpc) is 3.76. The van der Waals surface area contributed by atoms with E-state index < -0.39 is 0 Å². The summed E-state index contributed by atoms with van der Waals surface area (Å²) in [6.07, 6.45) is 0. The van der Waals surface area contributed by atoms with Crippen molar-refractivity contribution in [3.8, 4) is 44.5 Å². The quantitative estimate of drug-likeness (QED) is 0.148. The highest BCUT2D eigenvalue weighted by Crippen LogP contribution is 2.47. The van der Waals surface area contributed by atoms with Crippen LogP contribution in [0.1, 0.15) is 52.7 Å². The first-order chi connectivity index (χ1) is 34.0. The van der Waals surface area contributed by atoms with Gasteiger partial charge in [0, 0.05) is 27.7 Å². The summed E-state index contributed by atoms with van der Waals surface area (Å²) in [6.45, 7) is 13.9. The number of benzene rings is 11. The van der Waals surface area contributed by atoms with Crippen LogP contribution in [0.15, 0.2) is 229 Å². The van der Waals surface area contributed by atoms with E-state index in [9.17, 15) is 0 Å². The van der Waals surface area contributed by atoms with Gasteiger partial charge in [-0.05, 0) is 142 Å². The van der Waals surface area contributed by atoms with Crippen molar-refractivity contribution in [1.82, 2.24) is 0 Å². The predicted molar refractivity (Wildman–Crippen MR) is 300 cm³/mol. The Morgan fingerprint density at radius 3 is 1.69 bits per heavy atom. The summed E-state index contributed by atoms with van der Waals surface area (Å²) in [7, 11) is 0. The maximum atomic E-state index is 6.26.